The number of oxime groups is 2. The Morgan fingerprint density at radius 2 is 1.33 bits per heavy atom. The third-order valence-electron chi connectivity index (χ3n) is 1.79. The van der Waals surface area contributed by atoms with Gasteiger partial charge in [0.25, 0.3) is 16.6 Å². The van der Waals surface area contributed by atoms with E-state index in [0.29, 0.717) is 0 Å². The predicted octanol–water partition coefficient (Wildman–Crippen LogP) is 4.22. The lowest BCUT2D eigenvalue weighted by Crippen LogP contribution is -2.24. The van der Waals surface area contributed by atoms with Gasteiger partial charge in [-0.2, -0.15) is 0 Å². The van der Waals surface area contributed by atoms with Crippen LogP contribution in [0.25, 0.3) is 0 Å². The maximum atomic E-state index is 5.57. The number of rotatable bonds is 7. The monoisotopic (exact) mass is 288 g/mol. The minimum atomic E-state index is -1.59. The normalized spacial score (nSPS) is 14.7. The molecule has 0 rings (SSSR count). The molecule has 0 aliphatic carbocycles. The van der Waals surface area contributed by atoms with E-state index in [4.69, 9.17) is 9.05 Å². The van der Waals surface area contributed by atoms with Gasteiger partial charge in [-0.05, 0) is 52.6 Å². The minimum Gasteiger partial charge on any atom is -0.456 e. The highest BCUT2D eigenvalue weighted by Gasteiger charge is 2.17. The summed E-state index contributed by atoms with van der Waals surface area (Å²) in [5.74, 6) is 0. The van der Waals surface area contributed by atoms with Crippen molar-refractivity contribution in [2.75, 3.05) is 0 Å². The van der Waals surface area contributed by atoms with E-state index in [1.165, 1.54) is 0 Å². The lowest BCUT2D eigenvalue weighted by molar-refractivity contribution is 0.331. The van der Waals surface area contributed by atoms with Crippen molar-refractivity contribution >= 4 is 28.1 Å². The predicted molar refractivity (Wildman–Crippen MR) is 84.3 cm³/mol. The van der Waals surface area contributed by atoms with Gasteiger partial charge in [-0.25, -0.2) is 0 Å². The fourth-order valence-corrected chi connectivity index (χ4v) is 1.80. The van der Waals surface area contributed by atoms with E-state index in [-0.39, 0.29) is 0 Å². The smallest absolute Gasteiger partial charge is 0.278 e. The first-order chi connectivity index (χ1) is 8.03. The summed E-state index contributed by atoms with van der Waals surface area (Å²) >= 11 is 0. The number of hydrogen-bond donors (Lipinski definition) is 0. The molecule has 0 aromatic rings. The summed E-state index contributed by atoms with van der Waals surface area (Å²) in [6.45, 7) is 16.8. The SMILES string of the molecule is CC/C(C/C(C)=N/O[Si](C)(C)C)=N\O[Si](C)(C)C. The lowest BCUT2D eigenvalue weighted by Gasteiger charge is -2.15. The fraction of sp³-hybridized carbons (Fsp3) is 0.833. The molecular weight excluding hydrogens is 260 g/mol. The van der Waals surface area contributed by atoms with Crippen LogP contribution in [0.2, 0.25) is 39.3 Å². The summed E-state index contributed by atoms with van der Waals surface area (Å²) in [7, 11) is -3.17. The first kappa shape index (κ1) is 17.4. The van der Waals surface area contributed by atoms with E-state index in [1.54, 1.807) is 0 Å². The molecule has 0 bridgehead atoms. The molecule has 0 aromatic carbocycles. The maximum absolute atomic E-state index is 5.57. The Morgan fingerprint density at radius 3 is 1.72 bits per heavy atom. The second kappa shape index (κ2) is 7.08. The summed E-state index contributed by atoms with van der Waals surface area (Å²) in [5, 5.41) is 8.43. The molecule has 0 heterocycles. The van der Waals surface area contributed by atoms with E-state index in [0.717, 1.165) is 24.3 Å². The summed E-state index contributed by atoms with van der Waals surface area (Å²) in [4.78, 5) is 0. The van der Waals surface area contributed by atoms with Crippen LogP contribution in [-0.4, -0.2) is 28.1 Å². The molecule has 0 amide bonds. The molecule has 0 atom stereocenters. The first-order valence-electron chi connectivity index (χ1n) is 6.49. The first-order valence-corrected chi connectivity index (χ1v) is 13.3. The van der Waals surface area contributed by atoms with Crippen LogP contribution >= 0.6 is 0 Å². The van der Waals surface area contributed by atoms with Gasteiger partial charge in [0.05, 0.1) is 11.4 Å². The standard InChI is InChI=1S/C12H28N2O2Si2/c1-9-12(14-16-18(6,7)8)10-11(2)13-15-17(3,4)5/h9-10H2,1-8H3/b13-11+,14-12+. The van der Waals surface area contributed by atoms with Crippen molar-refractivity contribution in [2.24, 2.45) is 10.3 Å². The maximum Gasteiger partial charge on any atom is 0.278 e. The number of nitrogens with zero attached hydrogens (tertiary/aromatic N) is 2. The van der Waals surface area contributed by atoms with Gasteiger partial charge in [-0.1, -0.05) is 6.92 Å². The van der Waals surface area contributed by atoms with Crippen molar-refractivity contribution < 1.29 is 9.05 Å². The van der Waals surface area contributed by atoms with Crippen molar-refractivity contribution in [3.05, 3.63) is 0 Å². The van der Waals surface area contributed by atoms with Crippen molar-refractivity contribution in [3.8, 4) is 0 Å². The molecular formula is C12H28N2O2Si2. The van der Waals surface area contributed by atoms with Gasteiger partial charge in [0.1, 0.15) is 0 Å². The summed E-state index contributed by atoms with van der Waals surface area (Å²) in [6, 6.07) is 0. The lowest BCUT2D eigenvalue weighted by atomic mass is 10.1. The highest BCUT2D eigenvalue weighted by molar-refractivity contribution is 6.70. The van der Waals surface area contributed by atoms with Crippen LogP contribution in [0.15, 0.2) is 10.3 Å². The molecule has 0 aliphatic rings. The van der Waals surface area contributed by atoms with Crippen LogP contribution in [0.3, 0.4) is 0 Å². The molecule has 0 aromatic heterocycles. The van der Waals surface area contributed by atoms with Crippen LogP contribution in [-0.2, 0) is 9.05 Å². The topological polar surface area (TPSA) is 43.2 Å². The van der Waals surface area contributed by atoms with Crippen molar-refractivity contribution in [2.45, 2.75) is 66.0 Å². The van der Waals surface area contributed by atoms with E-state index in [1.807, 2.05) is 6.92 Å². The molecule has 106 valence electrons. The van der Waals surface area contributed by atoms with Gasteiger partial charge >= 0.3 is 0 Å². The second-order valence-corrected chi connectivity index (χ2v) is 15.2. The third kappa shape index (κ3) is 10.5. The third-order valence-corrected chi connectivity index (χ3v) is 3.07. The van der Waals surface area contributed by atoms with Crippen LogP contribution in [0, 0.1) is 0 Å². The van der Waals surface area contributed by atoms with Gasteiger partial charge in [0, 0.05) is 6.42 Å². The van der Waals surface area contributed by atoms with E-state index >= 15 is 0 Å². The van der Waals surface area contributed by atoms with Gasteiger partial charge in [0.2, 0.25) is 0 Å². The highest BCUT2D eigenvalue weighted by atomic mass is 28.4. The summed E-state index contributed by atoms with van der Waals surface area (Å²) < 4.78 is 11.1. The van der Waals surface area contributed by atoms with Gasteiger partial charge in [0.15, 0.2) is 0 Å². The Labute approximate surface area is 114 Å². The Kier molecular flexibility index (Phi) is 6.84. The summed E-state index contributed by atoms with van der Waals surface area (Å²) in [6.07, 6.45) is 1.61. The average molecular weight is 289 g/mol. The number of hydrogen-bond acceptors (Lipinski definition) is 4. The molecule has 0 aliphatic heterocycles. The van der Waals surface area contributed by atoms with Gasteiger partial charge in [-0.3, -0.25) is 0 Å². The molecule has 6 heteroatoms. The fourth-order valence-electron chi connectivity index (χ4n) is 0.966. The van der Waals surface area contributed by atoms with Gasteiger partial charge in [-0.15, -0.1) is 10.3 Å². The molecule has 4 nitrogen and oxygen atoms in total. The van der Waals surface area contributed by atoms with Crippen LogP contribution in [0.5, 0.6) is 0 Å². The van der Waals surface area contributed by atoms with Gasteiger partial charge < -0.3 is 9.05 Å². The van der Waals surface area contributed by atoms with Crippen LogP contribution < -0.4 is 0 Å². The zero-order valence-corrected chi connectivity index (χ0v) is 15.1. The quantitative estimate of drug-likeness (QED) is 0.400. The van der Waals surface area contributed by atoms with Crippen molar-refractivity contribution in [3.63, 3.8) is 0 Å². The zero-order chi connectivity index (χ0) is 14.4. The van der Waals surface area contributed by atoms with E-state index in [2.05, 4.69) is 56.5 Å². The van der Waals surface area contributed by atoms with E-state index < -0.39 is 16.6 Å². The molecule has 0 radical (unpaired) electrons. The Morgan fingerprint density at radius 1 is 0.889 bits per heavy atom. The molecule has 18 heavy (non-hydrogen) atoms. The Balaban J connectivity index is 4.45. The zero-order valence-electron chi connectivity index (χ0n) is 13.1. The Bertz CT molecular complexity index is 315. The second-order valence-electron chi connectivity index (χ2n) is 6.42. The largest absolute Gasteiger partial charge is 0.456 e. The molecule has 0 fully saturated rings. The average Bonchev–Trinajstić information content (AvgIpc) is 2.19. The summed E-state index contributed by atoms with van der Waals surface area (Å²) in [5.41, 5.74) is 1.98. The highest BCUT2D eigenvalue weighted by Crippen LogP contribution is 2.07. The van der Waals surface area contributed by atoms with Crippen molar-refractivity contribution in [1.82, 2.24) is 0 Å². The molecule has 0 saturated carbocycles. The van der Waals surface area contributed by atoms with Crippen LogP contribution in [0.4, 0.5) is 0 Å². The van der Waals surface area contributed by atoms with Crippen LogP contribution in [0.1, 0.15) is 26.7 Å². The van der Waals surface area contributed by atoms with Crippen molar-refractivity contribution in [1.29, 1.82) is 0 Å². The molecule has 0 spiro atoms. The molecule has 0 saturated heterocycles. The Hall–Kier alpha value is -0.626. The molecule has 0 unspecified atom stereocenters. The molecule has 0 N–H and O–H groups in total. The van der Waals surface area contributed by atoms with E-state index in [9.17, 15) is 0 Å². The minimum absolute atomic E-state index is 0.728.